The Morgan fingerprint density at radius 3 is 2.57 bits per heavy atom. The lowest BCUT2D eigenvalue weighted by Gasteiger charge is -2.32. The second-order valence-corrected chi connectivity index (χ2v) is 9.72. The second-order valence-electron chi connectivity index (χ2n) is 8.54. The third-order valence-corrected chi connectivity index (χ3v) is 7.23. The number of benzene rings is 2. The highest BCUT2D eigenvalue weighted by molar-refractivity contribution is 7.09. The lowest BCUT2D eigenvalue weighted by Crippen LogP contribution is -2.45. The van der Waals surface area contributed by atoms with Gasteiger partial charge in [0.1, 0.15) is 16.7 Å². The Morgan fingerprint density at radius 1 is 1.22 bits per heavy atom. The van der Waals surface area contributed by atoms with E-state index in [0.29, 0.717) is 22.8 Å². The number of anilines is 1. The Morgan fingerprint density at radius 2 is 1.95 bits per heavy atom. The number of hydrogen-bond acceptors (Lipinski definition) is 8. The number of halogens is 1. The fraction of sp³-hybridized carbons (Fsp3) is 0.280. The number of phenols is 1. The van der Waals surface area contributed by atoms with Crippen molar-refractivity contribution in [3.05, 3.63) is 75.3 Å². The summed E-state index contributed by atoms with van der Waals surface area (Å²) < 4.78 is 9.56. The number of primary amides is 1. The van der Waals surface area contributed by atoms with E-state index in [-0.39, 0.29) is 41.2 Å². The third kappa shape index (κ3) is 6.01. The standard InChI is InChI=1S/C25H26ClN5O5S/c26-18-6-2-1-4-15(18)13-31(25(35)22-19(27)20(23(28)33)30-37-22)21(14-7-9-16(32)10-8-14)24(34)29-12-17-5-3-11-36-17/h1-2,4,6-10,17,21,32H,3,5,11-13,27H2,(H2,28,33)(H,29,34)/t17-,21+/m0/s1. The topological polar surface area (TPSA) is 161 Å². The summed E-state index contributed by atoms with van der Waals surface area (Å²) in [6.45, 7) is 0.850. The minimum Gasteiger partial charge on any atom is -0.508 e. The maximum absolute atomic E-state index is 13.9. The normalized spacial score (nSPS) is 15.8. The maximum Gasteiger partial charge on any atom is 0.270 e. The molecular weight excluding hydrogens is 518 g/mol. The number of nitrogens with zero attached hydrogens (tertiary/aromatic N) is 2. The predicted molar refractivity (Wildman–Crippen MR) is 139 cm³/mol. The quantitative estimate of drug-likeness (QED) is 0.322. The van der Waals surface area contributed by atoms with E-state index in [1.54, 1.807) is 36.4 Å². The van der Waals surface area contributed by atoms with E-state index in [0.717, 1.165) is 24.4 Å². The van der Waals surface area contributed by atoms with Gasteiger partial charge in [0.25, 0.3) is 11.8 Å². The Bertz CT molecular complexity index is 1290. The number of carbonyl (C=O) groups is 3. The summed E-state index contributed by atoms with van der Waals surface area (Å²) in [5.41, 5.74) is 12.1. The summed E-state index contributed by atoms with van der Waals surface area (Å²) in [6, 6.07) is 11.8. The fourth-order valence-corrected chi connectivity index (χ4v) is 5.05. The van der Waals surface area contributed by atoms with Crippen molar-refractivity contribution >= 4 is 46.5 Å². The van der Waals surface area contributed by atoms with Crippen LogP contribution in [0.3, 0.4) is 0 Å². The lowest BCUT2D eigenvalue weighted by molar-refractivity contribution is -0.126. The zero-order chi connectivity index (χ0) is 26.5. The number of rotatable bonds is 9. The average Bonchev–Trinajstić information content (AvgIpc) is 3.54. The van der Waals surface area contributed by atoms with Gasteiger partial charge < -0.3 is 31.5 Å². The molecule has 0 saturated carbocycles. The van der Waals surface area contributed by atoms with Gasteiger partial charge in [-0.15, -0.1) is 0 Å². The Labute approximate surface area is 222 Å². The number of nitrogens with one attached hydrogen (secondary N) is 1. The molecule has 4 rings (SSSR count). The number of aromatic hydroxyl groups is 1. The molecule has 1 saturated heterocycles. The minimum atomic E-state index is -1.13. The van der Waals surface area contributed by atoms with Crippen molar-refractivity contribution in [3.8, 4) is 5.75 Å². The largest absolute Gasteiger partial charge is 0.508 e. The molecule has 3 amide bonds. The molecule has 194 valence electrons. The molecule has 12 heteroatoms. The van der Waals surface area contributed by atoms with Gasteiger partial charge in [0.15, 0.2) is 5.69 Å². The molecule has 0 bridgehead atoms. The lowest BCUT2D eigenvalue weighted by atomic mass is 10.0. The highest BCUT2D eigenvalue weighted by atomic mass is 35.5. The summed E-state index contributed by atoms with van der Waals surface area (Å²) in [5.74, 6) is -1.95. The van der Waals surface area contributed by atoms with Gasteiger partial charge in [0.05, 0.1) is 11.8 Å². The van der Waals surface area contributed by atoms with Gasteiger partial charge >= 0.3 is 0 Å². The summed E-state index contributed by atoms with van der Waals surface area (Å²) in [7, 11) is 0. The highest BCUT2D eigenvalue weighted by Crippen LogP contribution is 2.32. The zero-order valence-electron chi connectivity index (χ0n) is 19.7. The van der Waals surface area contributed by atoms with Crippen molar-refractivity contribution in [2.45, 2.75) is 31.5 Å². The SMILES string of the molecule is NC(=O)c1nsc(C(=O)N(Cc2ccccc2Cl)[C@@H](C(=O)NC[C@@H]2CCCO2)c2ccc(O)cc2)c1N. The minimum absolute atomic E-state index is 0.00375. The van der Waals surface area contributed by atoms with Crippen LogP contribution in [0.15, 0.2) is 48.5 Å². The van der Waals surface area contributed by atoms with Crippen molar-refractivity contribution in [2.75, 3.05) is 18.9 Å². The van der Waals surface area contributed by atoms with Crippen molar-refractivity contribution in [2.24, 2.45) is 5.73 Å². The first-order valence-corrected chi connectivity index (χ1v) is 12.7. The number of nitrogens with two attached hydrogens (primary N) is 2. The van der Waals surface area contributed by atoms with Crippen LogP contribution >= 0.6 is 23.1 Å². The van der Waals surface area contributed by atoms with E-state index >= 15 is 0 Å². The first-order valence-electron chi connectivity index (χ1n) is 11.5. The smallest absolute Gasteiger partial charge is 0.270 e. The molecule has 2 atom stereocenters. The van der Waals surface area contributed by atoms with E-state index in [1.165, 1.54) is 17.0 Å². The average molecular weight is 544 g/mol. The maximum atomic E-state index is 13.9. The summed E-state index contributed by atoms with van der Waals surface area (Å²) in [5, 5.41) is 13.1. The Balaban J connectivity index is 1.77. The Hall–Kier alpha value is -3.67. The number of carbonyl (C=O) groups excluding carboxylic acids is 3. The van der Waals surface area contributed by atoms with Crippen molar-refractivity contribution < 1.29 is 24.2 Å². The van der Waals surface area contributed by atoms with E-state index in [9.17, 15) is 19.5 Å². The molecule has 1 aromatic heterocycles. The number of phenolic OH excluding ortho intramolecular Hbond substituents is 1. The number of ether oxygens (including phenoxy) is 1. The van der Waals surface area contributed by atoms with Crippen LogP contribution in [0.1, 0.15) is 50.2 Å². The second kappa shape index (κ2) is 11.6. The number of amides is 3. The molecule has 1 aliphatic heterocycles. The molecule has 6 N–H and O–H groups in total. The predicted octanol–water partition coefficient (Wildman–Crippen LogP) is 2.86. The van der Waals surface area contributed by atoms with Crippen LogP contribution < -0.4 is 16.8 Å². The molecule has 10 nitrogen and oxygen atoms in total. The van der Waals surface area contributed by atoms with Crippen molar-refractivity contribution in [1.29, 1.82) is 0 Å². The molecule has 1 fully saturated rings. The molecule has 0 radical (unpaired) electrons. The summed E-state index contributed by atoms with van der Waals surface area (Å²) >= 11 is 7.14. The molecule has 0 aliphatic carbocycles. The van der Waals surface area contributed by atoms with Crippen LogP contribution in [0.2, 0.25) is 5.02 Å². The van der Waals surface area contributed by atoms with Gasteiger partial charge in [-0.05, 0) is 53.7 Å². The van der Waals surface area contributed by atoms with Crippen LogP contribution in [-0.2, 0) is 16.1 Å². The van der Waals surface area contributed by atoms with E-state index in [4.69, 9.17) is 27.8 Å². The Kier molecular flexibility index (Phi) is 8.27. The number of nitrogen functional groups attached to an aromatic ring is 1. The van der Waals surface area contributed by atoms with Crippen LogP contribution in [0.5, 0.6) is 5.75 Å². The van der Waals surface area contributed by atoms with Crippen LogP contribution in [0.4, 0.5) is 5.69 Å². The molecule has 1 aliphatic rings. The number of aromatic nitrogens is 1. The molecule has 0 unspecified atom stereocenters. The monoisotopic (exact) mass is 543 g/mol. The van der Waals surface area contributed by atoms with Crippen LogP contribution in [0.25, 0.3) is 0 Å². The van der Waals surface area contributed by atoms with Crippen LogP contribution in [-0.4, -0.2) is 51.4 Å². The van der Waals surface area contributed by atoms with Gasteiger partial charge in [-0.25, -0.2) is 0 Å². The molecule has 2 heterocycles. The van der Waals surface area contributed by atoms with Crippen molar-refractivity contribution in [1.82, 2.24) is 14.6 Å². The van der Waals surface area contributed by atoms with Crippen molar-refractivity contribution in [3.63, 3.8) is 0 Å². The molecular formula is C25H26ClN5O5S. The molecule has 3 aromatic rings. The van der Waals surface area contributed by atoms with Gasteiger partial charge in [0, 0.05) is 24.7 Å². The first kappa shape index (κ1) is 26.4. The van der Waals surface area contributed by atoms with E-state index in [1.807, 2.05) is 0 Å². The zero-order valence-corrected chi connectivity index (χ0v) is 21.3. The van der Waals surface area contributed by atoms with Gasteiger partial charge in [-0.3, -0.25) is 14.4 Å². The third-order valence-electron chi connectivity index (χ3n) is 6.01. The van der Waals surface area contributed by atoms with Gasteiger partial charge in [-0.2, -0.15) is 4.37 Å². The molecule has 0 spiro atoms. The van der Waals surface area contributed by atoms with E-state index < -0.39 is 23.8 Å². The summed E-state index contributed by atoms with van der Waals surface area (Å²) in [6.07, 6.45) is 1.61. The molecule has 37 heavy (non-hydrogen) atoms. The van der Waals surface area contributed by atoms with Gasteiger partial charge in [-0.1, -0.05) is 41.9 Å². The number of hydrogen-bond donors (Lipinski definition) is 4. The highest BCUT2D eigenvalue weighted by Gasteiger charge is 2.35. The summed E-state index contributed by atoms with van der Waals surface area (Å²) in [4.78, 5) is 40.6. The van der Waals surface area contributed by atoms with Gasteiger partial charge in [0.2, 0.25) is 5.91 Å². The fourth-order valence-electron chi connectivity index (χ4n) is 4.10. The van der Waals surface area contributed by atoms with Crippen LogP contribution in [0, 0.1) is 0 Å². The first-order chi connectivity index (χ1) is 17.8. The van der Waals surface area contributed by atoms with E-state index in [2.05, 4.69) is 9.69 Å². The molecule has 2 aromatic carbocycles.